The molecular formula is C18H16N2OS. The summed E-state index contributed by atoms with van der Waals surface area (Å²) < 4.78 is 5.76. The lowest BCUT2D eigenvalue weighted by Crippen LogP contribution is -2.10. The molecule has 1 aromatic carbocycles. The van der Waals surface area contributed by atoms with Crippen LogP contribution in [0.2, 0.25) is 0 Å². The average Bonchev–Trinajstić information content (AvgIpc) is 3.15. The van der Waals surface area contributed by atoms with E-state index in [1.165, 1.54) is 16.9 Å². The first-order valence-corrected chi connectivity index (χ1v) is 7.80. The van der Waals surface area contributed by atoms with Gasteiger partial charge in [0.1, 0.15) is 0 Å². The van der Waals surface area contributed by atoms with Gasteiger partial charge in [-0.25, -0.2) is 0 Å². The predicted octanol–water partition coefficient (Wildman–Crippen LogP) is 4.74. The monoisotopic (exact) mass is 308 g/mol. The third-order valence-corrected chi connectivity index (χ3v) is 4.39. The lowest BCUT2D eigenvalue weighted by atomic mass is 9.87. The van der Waals surface area contributed by atoms with Crippen LogP contribution in [0.4, 0.5) is 0 Å². The minimum absolute atomic E-state index is 0.126. The second kappa shape index (κ2) is 5.43. The van der Waals surface area contributed by atoms with Gasteiger partial charge in [-0.1, -0.05) is 38.8 Å². The highest BCUT2D eigenvalue weighted by Crippen LogP contribution is 2.30. The van der Waals surface area contributed by atoms with Gasteiger partial charge in [0.2, 0.25) is 5.89 Å². The summed E-state index contributed by atoms with van der Waals surface area (Å²) in [5.41, 5.74) is 2.31. The smallest absolute Gasteiger partial charge is 0.258 e. The first kappa shape index (κ1) is 14.6. The molecule has 22 heavy (non-hydrogen) atoms. The summed E-state index contributed by atoms with van der Waals surface area (Å²) >= 11 is 1.47. The average molecular weight is 308 g/mol. The number of hydrogen-bond donors (Lipinski definition) is 0. The molecule has 0 saturated heterocycles. The molecule has 2 heterocycles. The summed E-state index contributed by atoms with van der Waals surface area (Å²) in [6.45, 7) is 6.56. The standard InChI is InChI=1S/C18H16N2OS/c1-5-14-10-11-15(22-14)17-20-19-16(21-17)12-6-8-13(9-7-12)18(2,3)4/h1,6-11H,2-4H3. The summed E-state index contributed by atoms with van der Waals surface area (Å²) in [5, 5.41) is 8.23. The molecule has 0 aliphatic rings. The van der Waals surface area contributed by atoms with Gasteiger partial charge in [-0.3, -0.25) is 0 Å². The molecule has 0 unspecified atom stereocenters. The molecule has 3 rings (SSSR count). The third kappa shape index (κ3) is 2.81. The summed E-state index contributed by atoms with van der Waals surface area (Å²) in [6, 6.07) is 12.0. The Balaban J connectivity index is 1.89. The predicted molar refractivity (Wildman–Crippen MR) is 89.7 cm³/mol. The first-order valence-electron chi connectivity index (χ1n) is 6.98. The van der Waals surface area contributed by atoms with E-state index in [1.807, 2.05) is 24.3 Å². The number of rotatable bonds is 2. The van der Waals surface area contributed by atoms with Gasteiger partial charge in [-0.05, 0) is 35.2 Å². The fourth-order valence-electron chi connectivity index (χ4n) is 2.08. The number of benzene rings is 1. The fourth-order valence-corrected chi connectivity index (χ4v) is 2.82. The maximum Gasteiger partial charge on any atom is 0.258 e. The lowest BCUT2D eigenvalue weighted by molar-refractivity contribution is 0.583. The number of terminal acetylenes is 1. The van der Waals surface area contributed by atoms with E-state index in [1.54, 1.807) is 0 Å². The highest BCUT2D eigenvalue weighted by atomic mass is 32.1. The van der Waals surface area contributed by atoms with Crippen molar-refractivity contribution in [1.82, 2.24) is 10.2 Å². The first-order chi connectivity index (χ1) is 10.5. The van der Waals surface area contributed by atoms with Crippen molar-refractivity contribution in [2.24, 2.45) is 0 Å². The molecule has 0 aliphatic heterocycles. The Morgan fingerprint density at radius 2 is 1.68 bits per heavy atom. The van der Waals surface area contributed by atoms with E-state index < -0.39 is 0 Å². The van der Waals surface area contributed by atoms with Crippen LogP contribution >= 0.6 is 11.3 Å². The number of nitrogens with zero attached hydrogens (tertiary/aromatic N) is 2. The van der Waals surface area contributed by atoms with E-state index in [0.29, 0.717) is 11.8 Å². The summed E-state index contributed by atoms with van der Waals surface area (Å²) in [4.78, 5) is 1.74. The van der Waals surface area contributed by atoms with Crippen molar-refractivity contribution < 1.29 is 4.42 Å². The van der Waals surface area contributed by atoms with Crippen LogP contribution in [-0.4, -0.2) is 10.2 Å². The normalized spacial score (nSPS) is 11.4. The Morgan fingerprint density at radius 3 is 2.27 bits per heavy atom. The van der Waals surface area contributed by atoms with Gasteiger partial charge in [0, 0.05) is 5.56 Å². The molecule has 2 aromatic heterocycles. The molecule has 0 N–H and O–H groups in total. The van der Waals surface area contributed by atoms with E-state index in [-0.39, 0.29) is 5.41 Å². The van der Waals surface area contributed by atoms with Crippen molar-refractivity contribution in [2.45, 2.75) is 26.2 Å². The highest BCUT2D eigenvalue weighted by molar-refractivity contribution is 7.15. The molecule has 4 heteroatoms. The van der Waals surface area contributed by atoms with Crippen molar-refractivity contribution in [1.29, 1.82) is 0 Å². The topological polar surface area (TPSA) is 38.9 Å². The van der Waals surface area contributed by atoms with Crippen LogP contribution in [0, 0.1) is 12.3 Å². The second-order valence-corrected chi connectivity index (χ2v) is 7.13. The minimum atomic E-state index is 0.126. The molecular weight excluding hydrogens is 292 g/mol. The molecule has 110 valence electrons. The Morgan fingerprint density at radius 1 is 1.00 bits per heavy atom. The highest BCUT2D eigenvalue weighted by Gasteiger charge is 2.15. The number of thiophene rings is 1. The third-order valence-electron chi connectivity index (χ3n) is 3.38. The molecule has 0 fully saturated rings. The van der Waals surface area contributed by atoms with E-state index in [2.05, 4.69) is 49.0 Å². The van der Waals surface area contributed by atoms with Crippen LogP contribution < -0.4 is 0 Å². The Bertz CT molecular complexity index is 829. The van der Waals surface area contributed by atoms with Crippen LogP contribution in [0.5, 0.6) is 0 Å². The number of aromatic nitrogens is 2. The van der Waals surface area contributed by atoms with E-state index >= 15 is 0 Å². The molecule has 3 aromatic rings. The maximum absolute atomic E-state index is 5.76. The van der Waals surface area contributed by atoms with Gasteiger partial charge < -0.3 is 4.42 Å². The van der Waals surface area contributed by atoms with Crippen LogP contribution in [0.25, 0.3) is 22.2 Å². The zero-order valence-electron chi connectivity index (χ0n) is 12.8. The zero-order valence-corrected chi connectivity index (χ0v) is 13.6. The molecule has 0 aliphatic carbocycles. The molecule has 0 atom stereocenters. The SMILES string of the molecule is C#Cc1ccc(-c2nnc(-c3ccc(C(C)(C)C)cc3)o2)s1. The molecule has 0 saturated carbocycles. The van der Waals surface area contributed by atoms with E-state index in [9.17, 15) is 0 Å². The van der Waals surface area contributed by atoms with Crippen molar-refractivity contribution >= 4 is 11.3 Å². The van der Waals surface area contributed by atoms with Gasteiger partial charge in [-0.15, -0.1) is 28.0 Å². The van der Waals surface area contributed by atoms with Crippen LogP contribution in [0.15, 0.2) is 40.8 Å². The van der Waals surface area contributed by atoms with Gasteiger partial charge in [0.25, 0.3) is 5.89 Å². The zero-order chi connectivity index (χ0) is 15.7. The van der Waals surface area contributed by atoms with Gasteiger partial charge in [0.15, 0.2) is 0 Å². The van der Waals surface area contributed by atoms with E-state index in [4.69, 9.17) is 10.8 Å². The number of hydrogen-bond acceptors (Lipinski definition) is 4. The molecule has 0 spiro atoms. The van der Waals surface area contributed by atoms with Gasteiger partial charge in [-0.2, -0.15) is 0 Å². The molecule has 3 nitrogen and oxygen atoms in total. The van der Waals surface area contributed by atoms with Gasteiger partial charge >= 0.3 is 0 Å². The van der Waals surface area contributed by atoms with Crippen molar-refractivity contribution in [3.8, 4) is 34.6 Å². The summed E-state index contributed by atoms with van der Waals surface area (Å²) in [5.74, 6) is 3.63. The van der Waals surface area contributed by atoms with E-state index in [0.717, 1.165) is 15.3 Å². The minimum Gasteiger partial charge on any atom is -0.415 e. The quantitative estimate of drug-likeness (QED) is 0.642. The maximum atomic E-state index is 5.76. The van der Waals surface area contributed by atoms with Crippen molar-refractivity contribution in [2.75, 3.05) is 0 Å². The Kier molecular flexibility index (Phi) is 3.59. The van der Waals surface area contributed by atoms with Crippen molar-refractivity contribution in [3.63, 3.8) is 0 Å². The summed E-state index contributed by atoms with van der Waals surface area (Å²) in [7, 11) is 0. The largest absolute Gasteiger partial charge is 0.415 e. The van der Waals surface area contributed by atoms with Crippen molar-refractivity contribution in [3.05, 3.63) is 46.8 Å². The van der Waals surface area contributed by atoms with Crippen LogP contribution in [0.1, 0.15) is 31.2 Å². The van der Waals surface area contributed by atoms with Gasteiger partial charge in [0.05, 0.1) is 9.75 Å². The van der Waals surface area contributed by atoms with Crippen LogP contribution in [0.3, 0.4) is 0 Å². The lowest BCUT2D eigenvalue weighted by Gasteiger charge is -2.18. The summed E-state index contributed by atoms with van der Waals surface area (Å²) in [6.07, 6.45) is 5.38. The molecule has 0 bridgehead atoms. The molecule has 0 radical (unpaired) electrons. The Hall–Kier alpha value is -2.38. The fraction of sp³-hybridized carbons (Fsp3) is 0.222. The van der Waals surface area contributed by atoms with Crippen LogP contribution in [-0.2, 0) is 5.41 Å². The Labute approximate surface area is 134 Å². The molecule has 0 amide bonds. The second-order valence-electron chi connectivity index (χ2n) is 6.05.